The first-order chi connectivity index (χ1) is 7.72. The molecule has 0 rings (SSSR count). The molecular weight excluding hydrogens is 204 g/mol. The van der Waals surface area contributed by atoms with Gasteiger partial charge in [-0.25, -0.2) is 0 Å². The van der Waals surface area contributed by atoms with Gasteiger partial charge in [0.05, 0.1) is 6.04 Å². The Morgan fingerprint density at radius 3 is 2.88 bits per heavy atom. The topological polar surface area (TPSA) is 50.4 Å². The Morgan fingerprint density at radius 1 is 1.50 bits per heavy atom. The predicted molar refractivity (Wildman–Crippen MR) is 66.4 cm³/mol. The van der Waals surface area contributed by atoms with E-state index in [0.29, 0.717) is 6.54 Å². The molecule has 0 spiro atoms. The first-order valence-electron chi connectivity index (χ1n) is 5.92. The molecule has 1 unspecified atom stereocenters. The van der Waals surface area contributed by atoms with Crippen LogP contribution < -0.4 is 10.6 Å². The zero-order valence-corrected chi connectivity index (χ0v) is 10.4. The maximum atomic E-state index is 11.4. The van der Waals surface area contributed by atoms with E-state index in [0.717, 1.165) is 32.6 Å². The molecule has 0 aromatic heterocycles. The largest absolute Gasteiger partial charge is 0.381 e. The van der Waals surface area contributed by atoms with Gasteiger partial charge in [0.15, 0.2) is 0 Å². The molecule has 0 bridgehead atoms. The molecule has 0 fully saturated rings. The number of hydrogen-bond acceptors (Lipinski definition) is 3. The minimum atomic E-state index is -0.161. The van der Waals surface area contributed by atoms with Crippen molar-refractivity contribution in [2.45, 2.75) is 32.7 Å². The van der Waals surface area contributed by atoms with E-state index in [1.807, 2.05) is 6.92 Å². The number of ether oxygens (including phenoxy) is 1. The summed E-state index contributed by atoms with van der Waals surface area (Å²) in [6.45, 7) is 10.4. The Labute approximate surface area is 98.4 Å². The van der Waals surface area contributed by atoms with E-state index >= 15 is 0 Å². The molecule has 0 radical (unpaired) electrons. The normalized spacial score (nSPS) is 12.1. The van der Waals surface area contributed by atoms with E-state index in [9.17, 15) is 4.79 Å². The number of nitrogens with one attached hydrogen (secondary N) is 2. The summed E-state index contributed by atoms with van der Waals surface area (Å²) >= 11 is 0. The molecule has 4 nitrogen and oxygen atoms in total. The van der Waals surface area contributed by atoms with Crippen LogP contribution in [0.4, 0.5) is 0 Å². The van der Waals surface area contributed by atoms with Crippen LogP contribution in [0.25, 0.3) is 0 Å². The summed E-state index contributed by atoms with van der Waals surface area (Å²) < 4.78 is 5.34. The molecule has 0 heterocycles. The highest BCUT2D eigenvalue weighted by Gasteiger charge is 2.09. The summed E-state index contributed by atoms with van der Waals surface area (Å²) in [5, 5.41) is 5.88. The van der Waals surface area contributed by atoms with Gasteiger partial charge in [-0.1, -0.05) is 13.0 Å². The molecule has 0 aliphatic rings. The van der Waals surface area contributed by atoms with Crippen LogP contribution in [0, 0.1) is 0 Å². The van der Waals surface area contributed by atoms with Gasteiger partial charge < -0.3 is 15.4 Å². The van der Waals surface area contributed by atoms with Crippen LogP contribution in [-0.2, 0) is 9.53 Å². The second-order valence-corrected chi connectivity index (χ2v) is 3.68. The summed E-state index contributed by atoms with van der Waals surface area (Å²) in [6.07, 6.45) is 3.65. The van der Waals surface area contributed by atoms with Crippen LogP contribution in [0.15, 0.2) is 12.7 Å². The van der Waals surface area contributed by atoms with Crippen LogP contribution in [0.1, 0.15) is 26.7 Å². The van der Waals surface area contributed by atoms with Crippen LogP contribution in [0.5, 0.6) is 0 Å². The van der Waals surface area contributed by atoms with Gasteiger partial charge in [0.25, 0.3) is 0 Å². The van der Waals surface area contributed by atoms with Crippen LogP contribution >= 0.6 is 0 Å². The van der Waals surface area contributed by atoms with Crippen molar-refractivity contribution < 1.29 is 9.53 Å². The second-order valence-electron chi connectivity index (χ2n) is 3.68. The summed E-state index contributed by atoms with van der Waals surface area (Å²) in [5.74, 6) is 0.00868. The quantitative estimate of drug-likeness (QED) is 0.434. The highest BCUT2D eigenvalue weighted by molar-refractivity contribution is 5.81. The number of carbonyl (C=O) groups is 1. The standard InChI is InChI=1S/C12H24N2O2/c1-4-7-14-12(15)11(3)13-8-6-10-16-9-5-2/h4,11,13H,1,5-10H2,2-3H3,(H,14,15). The van der Waals surface area contributed by atoms with Crippen molar-refractivity contribution in [1.29, 1.82) is 0 Å². The van der Waals surface area contributed by atoms with Crippen LogP contribution in [-0.4, -0.2) is 38.3 Å². The van der Waals surface area contributed by atoms with Crippen molar-refractivity contribution in [3.63, 3.8) is 0 Å². The molecule has 94 valence electrons. The number of amides is 1. The molecule has 0 aliphatic carbocycles. The van der Waals surface area contributed by atoms with Crippen molar-refractivity contribution in [1.82, 2.24) is 10.6 Å². The van der Waals surface area contributed by atoms with Crippen molar-refractivity contribution in [3.05, 3.63) is 12.7 Å². The lowest BCUT2D eigenvalue weighted by atomic mass is 10.3. The molecule has 1 amide bonds. The third-order valence-corrected chi connectivity index (χ3v) is 2.08. The molecule has 16 heavy (non-hydrogen) atoms. The minimum absolute atomic E-state index is 0.00868. The lowest BCUT2D eigenvalue weighted by Gasteiger charge is -2.13. The van der Waals surface area contributed by atoms with Crippen LogP contribution in [0.3, 0.4) is 0 Å². The van der Waals surface area contributed by atoms with E-state index in [2.05, 4.69) is 24.1 Å². The van der Waals surface area contributed by atoms with Gasteiger partial charge in [0, 0.05) is 19.8 Å². The Kier molecular flexibility index (Phi) is 10.1. The molecule has 0 aromatic rings. The van der Waals surface area contributed by atoms with Gasteiger partial charge in [0.2, 0.25) is 5.91 Å². The maximum Gasteiger partial charge on any atom is 0.237 e. The van der Waals surface area contributed by atoms with Crippen molar-refractivity contribution in [2.24, 2.45) is 0 Å². The Morgan fingerprint density at radius 2 is 2.25 bits per heavy atom. The summed E-state index contributed by atoms with van der Waals surface area (Å²) in [5.41, 5.74) is 0. The zero-order valence-electron chi connectivity index (χ0n) is 10.4. The summed E-state index contributed by atoms with van der Waals surface area (Å²) in [4.78, 5) is 11.4. The molecule has 0 saturated carbocycles. The smallest absolute Gasteiger partial charge is 0.237 e. The number of rotatable bonds is 10. The molecule has 2 N–H and O–H groups in total. The number of hydrogen-bond donors (Lipinski definition) is 2. The lowest BCUT2D eigenvalue weighted by Crippen LogP contribution is -2.42. The van der Waals surface area contributed by atoms with Crippen molar-refractivity contribution in [3.8, 4) is 0 Å². The van der Waals surface area contributed by atoms with Crippen LogP contribution in [0.2, 0.25) is 0 Å². The predicted octanol–water partition coefficient (Wildman–Crippen LogP) is 1.08. The molecular formula is C12H24N2O2. The lowest BCUT2D eigenvalue weighted by molar-refractivity contribution is -0.122. The minimum Gasteiger partial charge on any atom is -0.381 e. The van der Waals surface area contributed by atoms with Gasteiger partial charge in [-0.2, -0.15) is 0 Å². The van der Waals surface area contributed by atoms with E-state index in [-0.39, 0.29) is 11.9 Å². The monoisotopic (exact) mass is 228 g/mol. The van der Waals surface area contributed by atoms with Crippen molar-refractivity contribution >= 4 is 5.91 Å². The Bertz CT molecular complexity index is 195. The van der Waals surface area contributed by atoms with E-state index in [4.69, 9.17) is 4.74 Å². The van der Waals surface area contributed by atoms with Gasteiger partial charge in [-0.05, 0) is 26.3 Å². The molecule has 0 aliphatic heterocycles. The molecule has 1 atom stereocenters. The average molecular weight is 228 g/mol. The fourth-order valence-corrected chi connectivity index (χ4v) is 1.16. The third kappa shape index (κ3) is 8.44. The summed E-state index contributed by atoms with van der Waals surface area (Å²) in [6, 6.07) is -0.161. The summed E-state index contributed by atoms with van der Waals surface area (Å²) in [7, 11) is 0. The van der Waals surface area contributed by atoms with E-state index < -0.39 is 0 Å². The molecule has 0 aromatic carbocycles. The first kappa shape index (κ1) is 15.1. The van der Waals surface area contributed by atoms with E-state index in [1.165, 1.54) is 0 Å². The van der Waals surface area contributed by atoms with Gasteiger partial charge in [-0.3, -0.25) is 4.79 Å². The fraction of sp³-hybridized carbons (Fsp3) is 0.750. The second kappa shape index (κ2) is 10.6. The highest BCUT2D eigenvalue weighted by Crippen LogP contribution is 1.87. The molecule has 4 heteroatoms. The van der Waals surface area contributed by atoms with E-state index in [1.54, 1.807) is 6.08 Å². The molecule has 0 saturated heterocycles. The highest BCUT2D eigenvalue weighted by atomic mass is 16.5. The van der Waals surface area contributed by atoms with Gasteiger partial charge in [0.1, 0.15) is 0 Å². The average Bonchev–Trinajstić information content (AvgIpc) is 2.30. The van der Waals surface area contributed by atoms with Crippen molar-refractivity contribution in [2.75, 3.05) is 26.3 Å². The zero-order chi connectivity index (χ0) is 12.2. The SMILES string of the molecule is C=CCNC(=O)C(C)NCCCOCCC. The fourth-order valence-electron chi connectivity index (χ4n) is 1.16. The van der Waals surface area contributed by atoms with Gasteiger partial charge >= 0.3 is 0 Å². The Hall–Kier alpha value is -0.870. The van der Waals surface area contributed by atoms with Gasteiger partial charge in [-0.15, -0.1) is 6.58 Å². The first-order valence-corrected chi connectivity index (χ1v) is 5.92. The number of carbonyl (C=O) groups excluding carboxylic acids is 1. The third-order valence-electron chi connectivity index (χ3n) is 2.08. The maximum absolute atomic E-state index is 11.4. The Balaban J connectivity index is 3.38.